The topological polar surface area (TPSA) is 130 Å². The summed E-state index contributed by atoms with van der Waals surface area (Å²) in [6, 6.07) is 6.77. The van der Waals surface area contributed by atoms with E-state index in [1.165, 1.54) is 7.11 Å². The summed E-state index contributed by atoms with van der Waals surface area (Å²) in [5.74, 6) is -1.41. The Morgan fingerprint density at radius 3 is 2.44 bits per heavy atom. The third-order valence-corrected chi connectivity index (χ3v) is 5.68. The molecular weight excluding hydrogens is 368 g/mol. The van der Waals surface area contributed by atoms with Crippen molar-refractivity contribution in [1.29, 1.82) is 5.41 Å². The Morgan fingerprint density at radius 2 is 1.93 bits per heavy atom. The normalized spacial score (nSPS) is 14.8. The number of nitrogens with zero attached hydrogens (tertiary/aromatic N) is 2. The number of nitrogen functional groups attached to an aromatic ring is 1. The molecule has 1 aromatic heterocycles. The second kappa shape index (κ2) is 7.75. The van der Waals surface area contributed by atoms with E-state index in [1.54, 1.807) is 24.3 Å². The minimum Gasteiger partial charge on any atom is -0.477 e. The van der Waals surface area contributed by atoms with Crippen molar-refractivity contribution < 1.29 is 19.4 Å². The van der Waals surface area contributed by atoms with Crippen molar-refractivity contribution in [3.63, 3.8) is 0 Å². The molecule has 0 spiro atoms. The van der Waals surface area contributed by atoms with Gasteiger partial charge in [-0.15, -0.1) is 0 Å². The van der Waals surface area contributed by atoms with Gasteiger partial charge < -0.3 is 20.5 Å². The maximum Gasteiger partial charge on any atom is 0.348 e. The smallest absolute Gasteiger partial charge is 0.348 e. The van der Waals surface area contributed by atoms with Gasteiger partial charge in [0.15, 0.2) is 5.13 Å². The number of piperidine rings is 1. The quantitative estimate of drug-likeness (QED) is 0.407. The summed E-state index contributed by atoms with van der Waals surface area (Å²) in [5, 5.41) is 17.6. The van der Waals surface area contributed by atoms with Gasteiger partial charge in [0.2, 0.25) is 0 Å². The largest absolute Gasteiger partial charge is 0.477 e. The molecule has 1 aliphatic rings. The molecule has 0 amide bonds. The fourth-order valence-corrected chi connectivity index (χ4v) is 4.04. The van der Waals surface area contributed by atoms with Crippen LogP contribution in [0, 0.1) is 11.3 Å². The number of carboxylic acids is 1. The lowest BCUT2D eigenvalue weighted by Gasteiger charge is -2.30. The molecule has 3 rings (SSSR count). The molecule has 9 heteroatoms. The van der Waals surface area contributed by atoms with E-state index in [0.717, 1.165) is 11.3 Å². The van der Waals surface area contributed by atoms with Crippen molar-refractivity contribution in [3.05, 3.63) is 34.7 Å². The summed E-state index contributed by atoms with van der Waals surface area (Å²) in [7, 11) is 1.39. The van der Waals surface area contributed by atoms with Crippen LogP contribution < -0.4 is 10.6 Å². The van der Waals surface area contributed by atoms with Gasteiger partial charge in [0, 0.05) is 24.2 Å². The average molecular weight is 388 g/mol. The van der Waals surface area contributed by atoms with Crippen LogP contribution in [0.5, 0.6) is 0 Å². The molecule has 1 aromatic carbocycles. The highest BCUT2D eigenvalue weighted by molar-refractivity contribution is 7.17. The molecule has 8 nitrogen and oxygen atoms in total. The Bertz CT molecular complexity index is 870. The van der Waals surface area contributed by atoms with Gasteiger partial charge in [-0.1, -0.05) is 35.6 Å². The van der Waals surface area contributed by atoms with Crippen LogP contribution in [0.4, 0.5) is 5.13 Å². The second-order valence-corrected chi connectivity index (χ2v) is 7.23. The highest BCUT2D eigenvalue weighted by Crippen LogP contribution is 2.35. The minimum atomic E-state index is -1.03. The number of anilines is 1. The Morgan fingerprint density at radius 1 is 1.30 bits per heavy atom. The maximum atomic E-state index is 11.7. The van der Waals surface area contributed by atoms with E-state index in [9.17, 15) is 14.7 Å². The van der Waals surface area contributed by atoms with Crippen LogP contribution in [-0.2, 0) is 9.53 Å². The van der Waals surface area contributed by atoms with Crippen LogP contribution in [0.3, 0.4) is 0 Å². The number of amidine groups is 1. The van der Waals surface area contributed by atoms with E-state index < -0.39 is 5.97 Å². The first kappa shape index (κ1) is 18.8. The second-order valence-electron chi connectivity index (χ2n) is 6.25. The number of hydrogen-bond acceptors (Lipinski definition) is 7. The number of thiazole rings is 1. The molecule has 1 aliphatic heterocycles. The van der Waals surface area contributed by atoms with Crippen LogP contribution in [0.25, 0.3) is 11.3 Å². The Balaban J connectivity index is 1.85. The van der Waals surface area contributed by atoms with Gasteiger partial charge in [0.1, 0.15) is 10.7 Å². The summed E-state index contributed by atoms with van der Waals surface area (Å²) in [6.07, 6.45) is 1.30. The molecule has 142 valence electrons. The molecule has 0 saturated carbocycles. The lowest BCUT2D eigenvalue weighted by molar-refractivity contribution is -0.146. The van der Waals surface area contributed by atoms with Crippen LogP contribution in [0.2, 0.25) is 0 Å². The lowest BCUT2D eigenvalue weighted by atomic mass is 9.97. The number of hydrogen-bond donors (Lipinski definition) is 3. The van der Waals surface area contributed by atoms with Gasteiger partial charge in [-0.25, -0.2) is 9.78 Å². The number of aromatic nitrogens is 1. The summed E-state index contributed by atoms with van der Waals surface area (Å²) in [5.41, 5.74) is 7.08. The average Bonchev–Trinajstić information content (AvgIpc) is 3.13. The number of ether oxygens (including phenoxy) is 1. The molecule has 0 radical (unpaired) electrons. The van der Waals surface area contributed by atoms with E-state index in [-0.39, 0.29) is 22.6 Å². The monoisotopic (exact) mass is 388 g/mol. The molecule has 2 heterocycles. The molecular formula is C18H20N4O4S. The molecule has 4 N–H and O–H groups in total. The van der Waals surface area contributed by atoms with Gasteiger partial charge in [0.25, 0.3) is 0 Å². The molecule has 1 fully saturated rings. The minimum absolute atomic E-state index is 0.0487. The van der Waals surface area contributed by atoms with Gasteiger partial charge in [-0.3, -0.25) is 10.2 Å². The van der Waals surface area contributed by atoms with Gasteiger partial charge in [-0.2, -0.15) is 0 Å². The van der Waals surface area contributed by atoms with Gasteiger partial charge in [0.05, 0.1) is 18.7 Å². The number of carbonyl (C=O) groups excluding carboxylic acids is 1. The first-order valence-corrected chi connectivity index (χ1v) is 9.24. The summed E-state index contributed by atoms with van der Waals surface area (Å²) >= 11 is 1.13. The summed E-state index contributed by atoms with van der Waals surface area (Å²) in [4.78, 5) is 30.1. The number of esters is 1. The Labute approximate surface area is 160 Å². The number of aromatic carboxylic acids is 1. The molecule has 27 heavy (non-hydrogen) atoms. The Hall–Kier alpha value is -2.94. The zero-order chi connectivity index (χ0) is 19.6. The maximum absolute atomic E-state index is 11.7. The third kappa shape index (κ3) is 3.92. The third-order valence-electron chi connectivity index (χ3n) is 4.58. The van der Waals surface area contributed by atoms with Crippen molar-refractivity contribution in [1.82, 2.24) is 4.98 Å². The number of carbonyl (C=O) groups is 2. The fraction of sp³-hybridized carbons (Fsp3) is 0.333. The molecule has 0 aliphatic carbocycles. The Kier molecular flexibility index (Phi) is 5.41. The van der Waals surface area contributed by atoms with Crippen molar-refractivity contribution in [2.24, 2.45) is 11.7 Å². The molecule has 0 unspecified atom stereocenters. The van der Waals surface area contributed by atoms with Crippen LogP contribution >= 0.6 is 11.3 Å². The first-order chi connectivity index (χ1) is 12.9. The van der Waals surface area contributed by atoms with E-state index in [0.29, 0.717) is 47.9 Å². The van der Waals surface area contributed by atoms with Gasteiger partial charge in [-0.05, 0) is 12.8 Å². The number of carboxylic acid groups (broad SMARTS) is 1. The van der Waals surface area contributed by atoms with E-state index in [2.05, 4.69) is 4.98 Å². The highest BCUT2D eigenvalue weighted by atomic mass is 32.1. The lowest BCUT2D eigenvalue weighted by Crippen LogP contribution is -2.36. The predicted octanol–water partition coefficient (Wildman–Crippen LogP) is 2.18. The molecule has 0 atom stereocenters. The zero-order valence-electron chi connectivity index (χ0n) is 14.8. The number of methoxy groups -OCH3 is 1. The molecule has 1 saturated heterocycles. The van der Waals surface area contributed by atoms with Crippen LogP contribution in [0.1, 0.15) is 28.1 Å². The predicted molar refractivity (Wildman–Crippen MR) is 102 cm³/mol. The SMILES string of the molecule is COC(=O)C1CCN(c2nc(-c3ccc(C(=N)N)cc3)c(C(=O)O)s2)CC1. The highest BCUT2D eigenvalue weighted by Gasteiger charge is 2.28. The molecule has 0 bridgehead atoms. The van der Waals surface area contributed by atoms with Crippen molar-refractivity contribution in [2.45, 2.75) is 12.8 Å². The summed E-state index contributed by atoms with van der Waals surface area (Å²) in [6.45, 7) is 1.24. The van der Waals surface area contributed by atoms with Crippen molar-refractivity contribution in [3.8, 4) is 11.3 Å². The fourth-order valence-electron chi connectivity index (χ4n) is 3.07. The van der Waals surface area contributed by atoms with Crippen LogP contribution in [0.15, 0.2) is 24.3 Å². The van der Waals surface area contributed by atoms with Crippen molar-refractivity contribution >= 4 is 34.2 Å². The number of nitrogens with two attached hydrogens (primary N) is 1. The van der Waals surface area contributed by atoms with E-state index >= 15 is 0 Å². The van der Waals surface area contributed by atoms with Crippen LogP contribution in [-0.4, -0.2) is 48.1 Å². The zero-order valence-corrected chi connectivity index (χ0v) is 15.6. The van der Waals surface area contributed by atoms with Crippen molar-refractivity contribution in [2.75, 3.05) is 25.1 Å². The first-order valence-electron chi connectivity index (χ1n) is 8.42. The number of benzene rings is 1. The van der Waals surface area contributed by atoms with E-state index in [4.69, 9.17) is 15.9 Å². The number of rotatable bonds is 5. The number of nitrogens with one attached hydrogen (secondary N) is 1. The standard InChI is InChI=1S/C18H20N4O4S/c1-26-17(25)12-6-8-22(9-7-12)18-21-13(14(27-18)16(23)24)10-2-4-11(5-3-10)15(19)20/h2-5,12H,6-9H2,1H3,(H3,19,20)(H,23,24). The summed E-state index contributed by atoms with van der Waals surface area (Å²) < 4.78 is 4.80. The molecule has 2 aromatic rings. The van der Waals surface area contributed by atoms with E-state index in [1.807, 2.05) is 4.90 Å². The van der Waals surface area contributed by atoms with Gasteiger partial charge >= 0.3 is 11.9 Å².